The van der Waals surface area contributed by atoms with E-state index in [0.29, 0.717) is 19.0 Å². The van der Waals surface area contributed by atoms with Crippen LogP contribution in [0.3, 0.4) is 0 Å². The summed E-state index contributed by atoms with van der Waals surface area (Å²) in [6, 6.07) is 7.74. The quantitative estimate of drug-likeness (QED) is 0.693. The van der Waals surface area contributed by atoms with Gasteiger partial charge in [0.2, 0.25) is 5.13 Å². The Hall–Kier alpha value is -2.08. The highest BCUT2D eigenvalue weighted by Crippen LogP contribution is 2.40. The van der Waals surface area contributed by atoms with Gasteiger partial charge >= 0.3 is 0 Å². The Morgan fingerprint density at radius 3 is 2.29 bits per heavy atom. The molecule has 3 aromatic heterocycles. The van der Waals surface area contributed by atoms with Crippen molar-refractivity contribution in [2.24, 2.45) is 0 Å². The highest BCUT2D eigenvalue weighted by molar-refractivity contribution is 7.09. The number of aromatic nitrogens is 2. The largest absolute Gasteiger partial charge is 0.467 e. The fraction of sp³-hybridized carbons (Fsp3) is 0.333. The van der Waals surface area contributed by atoms with Crippen molar-refractivity contribution in [1.82, 2.24) is 9.36 Å². The van der Waals surface area contributed by atoms with Gasteiger partial charge in [0.1, 0.15) is 17.3 Å². The number of anilines is 1. The SMILES string of the molecule is c1coc(CN(Cc2ccco2)c2nc(C3CC3)ns2)c1. The van der Waals surface area contributed by atoms with Crippen molar-refractivity contribution in [3.8, 4) is 0 Å². The zero-order valence-corrected chi connectivity index (χ0v) is 12.3. The predicted octanol–water partition coefficient (Wildman–Crippen LogP) is 3.81. The summed E-state index contributed by atoms with van der Waals surface area (Å²) in [6.45, 7) is 1.32. The maximum atomic E-state index is 5.46. The number of hydrogen-bond acceptors (Lipinski definition) is 6. The van der Waals surface area contributed by atoms with Crippen molar-refractivity contribution in [3.05, 3.63) is 54.1 Å². The summed E-state index contributed by atoms with van der Waals surface area (Å²) >= 11 is 1.45. The van der Waals surface area contributed by atoms with Crippen LogP contribution >= 0.6 is 11.5 Å². The zero-order valence-electron chi connectivity index (χ0n) is 11.4. The van der Waals surface area contributed by atoms with Crippen molar-refractivity contribution >= 4 is 16.7 Å². The highest BCUT2D eigenvalue weighted by atomic mass is 32.1. The Morgan fingerprint density at radius 2 is 1.76 bits per heavy atom. The summed E-state index contributed by atoms with van der Waals surface area (Å²) in [5.41, 5.74) is 0. The Labute approximate surface area is 126 Å². The van der Waals surface area contributed by atoms with E-state index in [-0.39, 0.29) is 0 Å². The molecule has 108 valence electrons. The smallest absolute Gasteiger partial charge is 0.206 e. The van der Waals surface area contributed by atoms with Crippen molar-refractivity contribution in [3.63, 3.8) is 0 Å². The van der Waals surface area contributed by atoms with Crippen LogP contribution < -0.4 is 4.90 Å². The third-order valence-electron chi connectivity index (χ3n) is 3.50. The molecule has 5 nitrogen and oxygen atoms in total. The molecule has 1 fully saturated rings. The molecule has 1 saturated carbocycles. The first-order chi connectivity index (χ1) is 10.4. The van der Waals surface area contributed by atoms with E-state index in [2.05, 4.69) is 14.3 Å². The van der Waals surface area contributed by atoms with Gasteiger partial charge in [-0.3, -0.25) is 0 Å². The maximum absolute atomic E-state index is 5.46. The molecule has 6 heteroatoms. The number of nitrogens with zero attached hydrogens (tertiary/aromatic N) is 3. The van der Waals surface area contributed by atoms with Gasteiger partial charge in [0.15, 0.2) is 0 Å². The van der Waals surface area contributed by atoms with Gasteiger partial charge in [-0.15, -0.1) is 0 Å². The topological polar surface area (TPSA) is 55.3 Å². The molecular weight excluding hydrogens is 286 g/mol. The van der Waals surface area contributed by atoms with E-state index < -0.39 is 0 Å². The Bertz CT molecular complexity index is 650. The summed E-state index contributed by atoms with van der Waals surface area (Å²) in [7, 11) is 0. The first kappa shape index (κ1) is 12.6. The molecule has 0 aliphatic heterocycles. The van der Waals surface area contributed by atoms with Gasteiger partial charge in [-0.05, 0) is 37.1 Å². The van der Waals surface area contributed by atoms with Crippen molar-refractivity contribution < 1.29 is 8.83 Å². The van der Waals surface area contributed by atoms with Crippen LogP contribution in [-0.2, 0) is 13.1 Å². The summed E-state index contributed by atoms with van der Waals surface area (Å²) in [5.74, 6) is 3.37. The molecule has 0 saturated heterocycles. The standard InChI is InChI=1S/C15H15N3O2S/c1-3-12(19-7-1)9-18(10-13-4-2-8-20-13)15-16-14(17-21-15)11-5-6-11/h1-4,7-8,11H,5-6,9-10H2. The Kier molecular flexibility index (Phi) is 3.23. The summed E-state index contributed by atoms with van der Waals surface area (Å²) in [6.07, 6.45) is 5.81. The van der Waals surface area contributed by atoms with E-state index in [9.17, 15) is 0 Å². The second kappa shape index (κ2) is 5.37. The van der Waals surface area contributed by atoms with Gasteiger partial charge in [0.25, 0.3) is 0 Å². The van der Waals surface area contributed by atoms with Crippen LogP contribution in [0, 0.1) is 0 Å². The average molecular weight is 301 g/mol. The van der Waals surface area contributed by atoms with Gasteiger partial charge in [-0.1, -0.05) is 0 Å². The average Bonchev–Trinajstić information content (AvgIpc) is 2.94. The van der Waals surface area contributed by atoms with Crippen LogP contribution in [0.4, 0.5) is 5.13 Å². The Balaban J connectivity index is 1.57. The lowest BCUT2D eigenvalue weighted by molar-refractivity contribution is 0.476. The van der Waals surface area contributed by atoms with Crippen LogP contribution in [0.2, 0.25) is 0 Å². The lowest BCUT2D eigenvalue weighted by Gasteiger charge is -2.18. The van der Waals surface area contributed by atoms with Crippen molar-refractivity contribution in [2.45, 2.75) is 31.8 Å². The zero-order chi connectivity index (χ0) is 14.1. The third kappa shape index (κ3) is 2.85. The molecule has 0 radical (unpaired) electrons. The first-order valence-electron chi connectivity index (χ1n) is 7.02. The van der Waals surface area contributed by atoms with Crippen LogP contribution in [0.25, 0.3) is 0 Å². The molecule has 21 heavy (non-hydrogen) atoms. The molecule has 1 aliphatic rings. The van der Waals surface area contributed by atoms with E-state index >= 15 is 0 Å². The fourth-order valence-corrected chi connectivity index (χ4v) is 2.98. The lowest BCUT2D eigenvalue weighted by Crippen LogP contribution is -2.21. The molecule has 0 spiro atoms. The molecular formula is C15H15N3O2S. The fourth-order valence-electron chi connectivity index (χ4n) is 2.23. The van der Waals surface area contributed by atoms with E-state index in [0.717, 1.165) is 22.5 Å². The minimum Gasteiger partial charge on any atom is -0.467 e. The van der Waals surface area contributed by atoms with Gasteiger partial charge < -0.3 is 13.7 Å². The number of hydrogen-bond donors (Lipinski definition) is 0. The van der Waals surface area contributed by atoms with Gasteiger partial charge in [-0.2, -0.15) is 4.37 Å². The van der Waals surface area contributed by atoms with Crippen molar-refractivity contribution in [1.29, 1.82) is 0 Å². The molecule has 3 heterocycles. The second-order valence-electron chi connectivity index (χ2n) is 5.22. The molecule has 0 amide bonds. The third-order valence-corrected chi connectivity index (χ3v) is 4.29. The summed E-state index contributed by atoms with van der Waals surface area (Å²) in [5, 5.41) is 0.921. The maximum Gasteiger partial charge on any atom is 0.206 e. The molecule has 0 atom stereocenters. The van der Waals surface area contributed by atoms with Crippen LogP contribution in [0.1, 0.15) is 36.1 Å². The highest BCUT2D eigenvalue weighted by Gasteiger charge is 2.28. The number of rotatable bonds is 6. The normalized spacial score (nSPS) is 14.5. The molecule has 1 aliphatic carbocycles. The van der Waals surface area contributed by atoms with Gasteiger partial charge in [-0.25, -0.2) is 4.98 Å². The number of furan rings is 2. The molecule has 0 unspecified atom stereocenters. The van der Waals surface area contributed by atoms with Crippen LogP contribution in [0.15, 0.2) is 45.6 Å². The van der Waals surface area contributed by atoms with E-state index in [1.54, 1.807) is 12.5 Å². The Morgan fingerprint density at radius 1 is 1.10 bits per heavy atom. The molecule has 0 bridgehead atoms. The van der Waals surface area contributed by atoms with E-state index in [1.807, 2.05) is 24.3 Å². The molecule has 4 rings (SSSR count). The van der Waals surface area contributed by atoms with Gasteiger partial charge in [0, 0.05) is 17.5 Å². The minimum atomic E-state index is 0.573. The summed E-state index contributed by atoms with van der Waals surface area (Å²) in [4.78, 5) is 6.82. The predicted molar refractivity (Wildman–Crippen MR) is 79.2 cm³/mol. The monoisotopic (exact) mass is 301 g/mol. The molecule has 0 aromatic carbocycles. The minimum absolute atomic E-state index is 0.573. The second-order valence-corrected chi connectivity index (χ2v) is 5.95. The first-order valence-corrected chi connectivity index (χ1v) is 7.79. The van der Waals surface area contributed by atoms with E-state index in [4.69, 9.17) is 8.83 Å². The lowest BCUT2D eigenvalue weighted by atomic mass is 10.3. The van der Waals surface area contributed by atoms with Crippen LogP contribution in [-0.4, -0.2) is 9.36 Å². The van der Waals surface area contributed by atoms with Gasteiger partial charge in [0.05, 0.1) is 25.6 Å². The van der Waals surface area contributed by atoms with Crippen molar-refractivity contribution in [2.75, 3.05) is 4.90 Å². The van der Waals surface area contributed by atoms with Crippen LogP contribution in [0.5, 0.6) is 0 Å². The van der Waals surface area contributed by atoms with E-state index in [1.165, 1.54) is 24.4 Å². The molecule has 3 aromatic rings. The molecule has 0 N–H and O–H groups in total. The summed E-state index contributed by atoms with van der Waals surface area (Å²) < 4.78 is 15.4.